The molecular weight excluding hydrogens is 272 g/mol. The minimum absolute atomic E-state index is 0.172. The quantitative estimate of drug-likeness (QED) is 0.869. The Balaban J connectivity index is 1.67. The molecule has 0 N–H and O–H groups in total. The van der Waals surface area contributed by atoms with Crippen molar-refractivity contribution in [3.05, 3.63) is 65.5 Å². The normalized spacial score (nSPS) is 18.2. The molecule has 2 aromatic rings. The van der Waals surface area contributed by atoms with Crippen LogP contribution in [0.1, 0.15) is 42.5 Å². The second-order valence-corrected chi connectivity index (χ2v) is 6.06. The lowest BCUT2D eigenvalue weighted by atomic mass is 9.93. The van der Waals surface area contributed by atoms with Crippen molar-refractivity contribution in [3.8, 4) is 0 Å². The van der Waals surface area contributed by atoms with Gasteiger partial charge in [0.1, 0.15) is 0 Å². The van der Waals surface area contributed by atoms with Crippen LogP contribution in [0.4, 0.5) is 0 Å². The largest absolute Gasteiger partial charge is 0.342 e. The average molecular weight is 294 g/mol. The number of carbonyl (C=O) groups excluding carboxylic acids is 1. The van der Waals surface area contributed by atoms with Crippen LogP contribution >= 0.6 is 0 Å². The smallest absolute Gasteiger partial charge is 0.219 e. The third kappa shape index (κ3) is 3.53. The summed E-state index contributed by atoms with van der Waals surface area (Å²) >= 11 is 0. The third-order valence-electron chi connectivity index (χ3n) is 4.38. The SMILES string of the molecule is CC(=O)N1CCCC(c2ccc(Cc3ccccc3)cn2)C1. The monoisotopic (exact) mass is 294 g/mol. The maximum absolute atomic E-state index is 11.5. The molecule has 22 heavy (non-hydrogen) atoms. The van der Waals surface area contributed by atoms with Crippen molar-refractivity contribution in [2.45, 2.75) is 32.1 Å². The molecule has 0 spiro atoms. The number of likely N-dealkylation sites (tertiary alicyclic amines) is 1. The third-order valence-corrected chi connectivity index (χ3v) is 4.38. The van der Waals surface area contributed by atoms with Crippen LogP contribution in [0.2, 0.25) is 0 Å². The molecule has 3 heteroatoms. The van der Waals surface area contributed by atoms with Gasteiger partial charge in [0.15, 0.2) is 0 Å². The van der Waals surface area contributed by atoms with Crippen molar-refractivity contribution in [2.24, 2.45) is 0 Å². The Morgan fingerprint density at radius 2 is 2.00 bits per heavy atom. The molecule has 3 rings (SSSR count). The summed E-state index contributed by atoms with van der Waals surface area (Å²) in [6.07, 6.45) is 5.08. The molecule has 3 nitrogen and oxygen atoms in total. The van der Waals surface area contributed by atoms with Crippen molar-refractivity contribution < 1.29 is 4.79 Å². The minimum Gasteiger partial charge on any atom is -0.342 e. The maximum Gasteiger partial charge on any atom is 0.219 e. The van der Waals surface area contributed by atoms with E-state index in [9.17, 15) is 4.79 Å². The fourth-order valence-corrected chi connectivity index (χ4v) is 3.12. The van der Waals surface area contributed by atoms with Crippen LogP contribution in [-0.2, 0) is 11.2 Å². The molecule has 1 unspecified atom stereocenters. The maximum atomic E-state index is 11.5. The van der Waals surface area contributed by atoms with E-state index >= 15 is 0 Å². The second-order valence-electron chi connectivity index (χ2n) is 6.06. The molecule has 1 aliphatic heterocycles. The minimum atomic E-state index is 0.172. The van der Waals surface area contributed by atoms with Gasteiger partial charge in [0.25, 0.3) is 0 Å². The van der Waals surface area contributed by atoms with Gasteiger partial charge >= 0.3 is 0 Å². The molecule has 0 saturated carbocycles. The first-order valence-corrected chi connectivity index (χ1v) is 7.96. The van der Waals surface area contributed by atoms with Crippen LogP contribution in [0.25, 0.3) is 0 Å². The van der Waals surface area contributed by atoms with E-state index in [1.54, 1.807) is 6.92 Å². The molecule has 1 aromatic heterocycles. The zero-order valence-corrected chi connectivity index (χ0v) is 13.0. The van der Waals surface area contributed by atoms with Gasteiger partial charge in [0, 0.05) is 37.8 Å². The van der Waals surface area contributed by atoms with Crippen molar-refractivity contribution in [2.75, 3.05) is 13.1 Å². The number of hydrogen-bond donors (Lipinski definition) is 0. The van der Waals surface area contributed by atoms with Crippen LogP contribution in [0, 0.1) is 0 Å². The zero-order chi connectivity index (χ0) is 15.4. The lowest BCUT2D eigenvalue weighted by molar-refractivity contribution is -0.130. The lowest BCUT2D eigenvalue weighted by Crippen LogP contribution is -2.37. The Morgan fingerprint density at radius 3 is 2.68 bits per heavy atom. The van der Waals surface area contributed by atoms with Crippen LogP contribution in [0.15, 0.2) is 48.7 Å². The molecule has 1 saturated heterocycles. The van der Waals surface area contributed by atoms with E-state index < -0.39 is 0 Å². The van der Waals surface area contributed by atoms with E-state index in [1.165, 1.54) is 11.1 Å². The fourth-order valence-electron chi connectivity index (χ4n) is 3.12. The van der Waals surface area contributed by atoms with Gasteiger partial charge in [0.2, 0.25) is 5.91 Å². The second kappa shape index (κ2) is 6.73. The molecule has 1 atom stereocenters. The molecule has 1 aliphatic rings. The Morgan fingerprint density at radius 1 is 1.18 bits per heavy atom. The molecule has 1 fully saturated rings. The number of piperidine rings is 1. The molecule has 114 valence electrons. The fraction of sp³-hybridized carbons (Fsp3) is 0.368. The van der Waals surface area contributed by atoms with Crippen LogP contribution in [0.5, 0.6) is 0 Å². The van der Waals surface area contributed by atoms with Gasteiger partial charge in [-0.15, -0.1) is 0 Å². The summed E-state index contributed by atoms with van der Waals surface area (Å²) < 4.78 is 0. The summed E-state index contributed by atoms with van der Waals surface area (Å²) in [5.74, 6) is 0.550. The summed E-state index contributed by atoms with van der Waals surface area (Å²) in [6, 6.07) is 14.7. The lowest BCUT2D eigenvalue weighted by Gasteiger charge is -2.31. The number of rotatable bonds is 3. The summed E-state index contributed by atoms with van der Waals surface area (Å²) in [6.45, 7) is 3.34. The number of pyridine rings is 1. The molecule has 1 aromatic carbocycles. The first-order valence-electron chi connectivity index (χ1n) is 7.96. The van der Waals surface area contributed by atoms with E-state index in [-0.39, 0.29) is 5.91 Å². The van der Waals surface area contributed by atoms with E-state index in [2.05, 4.69) is 41.4 Å². The summed E-state index contributed by atoms with van der Waals surface area (Å²) in [5.41, 5.74) is 3.65. The van der Waals surface area contributed by atoms with Gasteiger partial charge in [-0.05, 0) is 36.5 Å². The van der Waals surface area contributed by atoms with E-state index in [0.29, 0.717) is 5.92 Å². The van der Waals surface area contributed by atoms with Crippen LogP contribution in [0.3, 0.4) is 0 Å². The van der Waals surface area contributed by atoms with Crippen molar-refractivity contribution in [1.82, 2.24) is 9.88 Å². The highest BCUT2D eigenvalue weighted by Crippen LogP contribution is 2.25. The van der Waals surface area contributed by atoms with E-state index in [0.717, 1.165) is 38.0 Å². The van der Waals surface area contributed by atoms with Crippen molar-refractivity contribution >= 4 is 5.91 Å². The van der Waals surface area contributed by atoms with Gasteiger partial charge in [-0.1, -0.05) is 36.4 Å². The molecule has 0 radical (unpaired) electrons. The number of hydrogen-bond acceptors (Lipinski definition) is 2. The number of benzene rings is 1. The molecule has 1 amide bonds. The number of nitrogens with zero attached hydrogens (tertiary/aromatic N) is 2. The van der Waals surface area contributed by atoms with Gasteiger partial charge in [-0.2, -0.15) is 0 Å². The van der Waals surface area contributed by atoms with Gasteiger partial charge in [0.05, 0.1) is 0 Å². The average Bonchev–Trinajstić information content (AvgIpc) is 2.56. The molecule has 0 aliphatic carbocycles. The number of aromatic nitrogens is 1. The standard InChI is InChI=1S/C19H22N2O/c1-15(22)21-11-5-8-18(14-21)19-10-9-17(13-20-19)12-16-6-3-2-4-7-16/h2-4,6-7,9-10,13,18H,5,8,11-12,14H2,1H3. The van der Waals surface area contributed by atoms with Gasteiger partial charge in [-0.25, -0.2) is 0 Å². The first kappa shape index (κ1) is 14.8. The molecule has 2 heterocycles. The van der Waals surface area contributed by atoms with E-state index in [4.69, 9.17) is 0 Å². The summed E-state index contributed by atoms with van der Waals surface area (Å²) in [7, 11) is 0. The summed E-state index contributed by atoms with van der Waals surface area (Å²) in [4.78, 5) is 18.1. The summed E-state index contributed by atoms with van der Waals surface area (Å²) in [5, 5.41) is 0. The zero-order valence-electron chi connectivity index (χ0n) is 13.0. The predicted molar refractivity (Wildman–Crippen MR) is 87.7 cm³/mol. The Hall–Kier alpha value is -2.16. The Kier molecular flexibility index (Phi) is 4.52. The highest BCUT2D eigenvalue weighted by Gasteiger charge is 2.23. The Labute approximate surface area is 132 Å². The van der Waals surface area contributed by atoms with Gasteiger partial charge in [-0.3, -0.25) is 9.78 Å². The highest BCUT2D eigenvalue weighted by molar-refractivity contribution is 5.73. The van der Waals surface area contributed by atoms with Gasteiger partial charge < -0.3 is 4.90 Å². The highest BCUT2D eigenvalue weighted by atomic mass is 16.2. The van der Waals surface area contributed by atoms with Crippen LogP contribution in [-0.4, -0.2) is 28.9 Å². The van der Waals surface area contributed by atoms with Crippen molar-refractivity contribution in [3.63, 3.8) is 0 Å². The van der Waals surface area contributed by atoms with Crippen LogP contribution < -0.4 is 0 Å². The first-order chi connectivity index (χ1) is 10.7. The number of amides is 1. The van der Waals surface area contributed by atoms with Crippen molar-refractivity contribution in [1.29, 1.82) is 0 Å². The molecule has 0 bridgehead atoms. The number of carbonyl (C=O) groups is 1. The van der Waals surface area contributed by atoms with E-state index in [1.807, 2.05) is 17.2 Å². The Bertz CT molecular complexity index is 622. The molecular formula is C19H22N2O. The topological polar surface area (TPSA) is 33.2 Å². The predicted octanol–water partition coefficient (Wildman–Crippen LogP) is 3.40.